The smallest absolute Gasteiger partial charge is 0.253 e. The monoisotopic (exact) mass is 340 g/mol. The predicted octanol–water partition coefficient (Wildman–Crippen LogP) is 2.58. The second kappa shape index (κ2) is 6.26. The topological polar surface area (TPSA) is 82.1 Å². The van der Waals surface area contributed by atoms with E-state index in [1.54, 1.807) is 0 Å². The first-order valence-electron chi connectivity index (χ1n) is 9.01. The Kier molecular flexibility index (Phi) is 4.07. The van der Waals surface area contributed by atoms with Gasteiger partial charge in [0.25, 0.3) is 5.91 Å². The maximum atomic E-state index is 12.8. The Bertz CT molecular complexity index is 766. The number of nitrogens with zero attached hydrogens (tertiary/aromatic N) is 3. The molecule has 6 heteroatoms. The number of benzene rings is 1. The van der Waals surface area contributed by atoms with Crippen LogP contribution in [0.2, 0.25) is 0 Å². The summed E-state index contributed by atoms with van der Waals surface area (Å²) in [7, 11) is 0. The number of amides is 1. The van der Waals surface area contributed by atoms with E-state index in [9.17, 15) is 9.90 Å². The Morgan fingerprint density at radius 3 is 2.80 bits per heavy atom. The third-order valence-corrected chi connectivity index (χ3v) is 5.31. The van der Waals surface area contributed by atoms with Crippen molar-refractivity contribution in [2.75, 3.05) is 19.7 Å². The third-order valence-electron chi connectivity index (χ3n) is 5.31. The molecule has 1 aromatic heterocycles. The number of aliphatic hydroxyl groups excluding tert-OH is 1. The lowest BCUT2D eigenvalue weighted by Gasteiger charge is -2.39. The van der Waals surface area contributed by atoms with Crippen LogP contribution in [0.4, 0.5) is 0 Å². The van der Waals surface area contributed by atoms with E-state index in [2.05, 4.69) is 15.2 Å². The normalized spacial score (nSPS) is 23.7. The van der Waals surface area contributed by atoms with E-state index in [1.165, 1.54) is 12.8 Å². The molecule has 1 aliphatic heterocycles. The molecule has 1 saturated carbocycles. The zero-order chi connectivity index (χ0) is 17.4. The van der Waals surface area contributed by atoms with Crippen molar-refractivity contribution >= 4 is 5.91 Å². The summed E-state index contributed by atoms with van der Waals surface area (Å²) >= 11 is 0. The standard InChI is InChI=1S/C19H24N4O2/c1-19(12-24)9-2-10-23(11-19)18(25)15-7-5-14(6-8-15)17-20-16(21-22-17)13-3-4-13/h5-8,13,24H,2-4,9-12H2,1H3,(H,20,21,22). The van der Waals surface area contributed by atoms with Crippen molar-refractivity contribution in [2.45, 2.75) is 38.5 Å². The molecule has 1 unspecified atom stereocenters. The van der Waals surface area contributed by atoms with E-state index in [0.717, 1.165) is 30.8 Å². The van der Waals surface area contributed by atoms with Crippen LogP contribution in [-0.4, -0.2) is 50.8 Å². The number of H-pyrrole nitrogens is 1. The van der Waals surface area contributed by atoms with Crippen LogP contribution < -0.4 is 0 Å². The number of carbonyl (C=O) groups is 1. The number of likely N-dealkylation sites (tertiary alicyclic amines) is 1. The van der Waals surface area contributed by atoms with Crippen molar-refractivity contribution in [3.05, 3.63) is 35.7 Å². The summed E-state index contributed by atoms with van der Waals surface area (Å²) in [4.78, 5) is 19.2. The molecule has 1 aromatic carbocycles. The van der Waals surface area contributed by atoms with Gasteiger partial charge in [0.1, 0.15) is 5.82 Å². The zero-order valence-electron chi connectivity index (χ0n) is 14.5. The number of aliphatic hydroxyl groups is 1. The average Bonchev–Trinajstić information content (AvgIpc) is 3.38. The molecule has 0 bridgehead atoms. The Labute approximate surface area is 147 Å². The molecule has 2 aromatic rings. The summed E-state index contributed by atoms with van der Waals surface area (Å²) in [6.45, 7) is 3.51. The lowest BCUT2D eigenvalue weighted by molar-refractivity contribution is 0.0358. The van der Waals surface area contributed by atoms with Crippen molar-refractivity contribution in [3.63, 3.8) is 0 Å². The van der Waals surface area contributed by atoms with E-state index in [0.29, 0.717) is 23.9 Å². The lowest BCUT2D eigenvalue weighted by atomic mass is 9.82. The molecule has 1 aliphatic carbocycles. The molecular weight excluding hydrogens is 316 g/mol. The fourth-order valence-corrected chi connectivity index (χ4v) is 3.51. The minimum atomic E-state index is -0.188. The van der Waals surface area contributed by atoms with Crippen LogP contribution in [0.3, 0.4) is 0 Å². The number of carbonyl (C=O) groups excluding carboxylic acids is 1. The molecule has 2 aliphatic rings. The lowest BCUT2D eigenvalue weighted by Crippen LogP contribution is -2.46. The second-order valence-corrected chi connectivity index (χ2v) is 7.69. The van der Waals surface area contributed by atoms with Gasteiger partial charge in [0.2, 0.25) is 0 Å². The molecule has 1 amide bonds. The average molecular weight is 340 g/mol. The highest BCUT2D eigenvalue weighted by atomic mass is 16.3. The molecule has 6 nitrogen and oxygen atoms in total. The predicted molar refractivity (Wildman–Crippen MR) is 94.1 cm³/mol. The third kappa shape index (κ3) is 3.31. The molecular formula is C19H24N4O2. The largest absolute Gasteiger partial charge is 0.396 e. The molecule has 4 rings (SSSR count). The van der Waals surface area contributed by atoms with E-state index in [-0.39, 0.29) is 17.9 Å². The maximum Gasteiger partial charge on any atom is 0.253 e. The second-order valence-electron chi connectivity index (χ2n) is 7.69. The van der Waals surface area contributed by atoms with Gasteiger partial charge in [-0.25, -0.2) is 4.98 Å². The van der Waals surface area contributed by atoms with Gasteiger partial charge in [-0.15, -0.1) is 0 Å². The van der Waals surface area contributed by atoms with Gasteiger partial charge < -0.3 is 10.0 Å². The Morgan fingerprint density at radius 1 is 1.36 bits per heavy atom. The number of aromatic nitrogens is 3. The van der Waals surface area contributed by atoms with E-state index >= 15 is 0 Å². The quantitative estimate of drug-likeness (QED) is 0.896. The van der Waals surface area contributed by atoms with Gasteiger partial charge in [-0.05, 0) is 37.8 Å². The molecule has 0 spiro atoms. The van der Waals surface area contributed by atoms with Gasteiger partial charge in [0, 0.05) is 35.5 Å². The minimum absolute atomic E-state index is 0.0274. The van der Waals surface area contributed by atoms with Crippen LogP contribution in [0.25, 0.3) is 11.4 Å². The molecule has 1 atom stereocenters. The fourth-order valence-electron chi connectivity index (χ4n) is 3.51. The number of hydrogen-bond donors (Lipinski definition) is 2. The van der Waals surface area contributed by atoms with Gasteiger partial charge in [0.15, 0.2) is 5.82 Å². The van der Waals surface area contributed by atoms with Gasteiger partial charge >= 0.3 is 0 Å². The Morgan fingerprint density at radius 2 is 2.12 bits per heavy atom. The van der Waals surface area contributed by atoms with Gasteiger partial charge in [0.05, 0.1) is 6.61 Å². The first-order chi connectivity index (χ1) is 12.1. The molecule has 2 fully saturated rings. The minimum Gasteiger partial charge on any atom is -0.396 e. The summed E-state index contributed by atoms with van der Waals surface area (Å²) in [6.07, 6.45) is 4.26. The SMILES string of the molecule is CC1(CO)CCCN(C(=O)c2ccc(-c3n[nH]c(C4CC4)n3)cc2)C1. The highest BCUT2D eigenvalue weighted by molar-refractivity contribution is 5.94. The molecule has 2 N–H and O–H groups in total. The number of piperidine rings is 1. The van der Waals surface area contributed by atoms with Gasteiger partial charge in [-0.1, -0.05) is 19.1 Å². The van der Waals surface area contributed by atoms with Gasteiger partial charge in [-0.3, -0.25) is 9.89 Å². The number of hydrogen-bond acceptors (Lipinski definition) is 4. The van der Waals surface area contributed by atoms with Crippen molar-refractivity contribution < 1.29 is 9.90 Å². The van der Waals surface area contributed by atoms with E-state index < -0.39 is 0 Å². The first-order valence-corrected chi connectivity index (χ1v) is 9.01. The Balaban J connectivity index is 1.48. The fraction of sp³-hybridized carbons (Fsp3) is 0.526. The maximum absolute atomic E-state index is 12.8. The summed E-state index contributed by atoms with van der Waals surface area (Å²) in [5, 5.41) is 16.9. The first kappa shape index (κ1) is 16.3. The van der Waals surface area contributed by atoms with Crippen LogP contribution in [-0.2, 0) is 0 Å². The van der Waals surface area contributed by atoms with Crippen molar-refractivity contribution in [3.8, 4) is 11.4 Å². The molecule has 1 saturated heterocycles. The molecule has 0 radical (unpaired) electrons. The molecule has 2 heterocycles. The van der Waals surface area contributed by atoms with Crippen molar-refractivity contribution in [1.82, 2.24) is 20.1 Å². The summed E-state index contributed by atoms with van der Waals surface area (Å²) in [5.41, 5.74) is 1.40. The highest BCUT2D eigenvalue weighted by Gasteiger charge is 2.33. The van der Waals surface area contributed by atoms with Crippen molar-refractivity contribution in [1.29, 1.82) is 0 Å². The molecule has 132 valence electrons. The van der Waals surface area contributed by atoms with Crippen LogP contribution in [0.1, 0.15) is 54.7 Å². The summed E-state index contributed by atoms with van der Waals surface area (Å²) in [5.74, 6) is 2.22. The molecule has 25 heavy (non-hydrogen) atoms. The van der Waals surface area contributed by atoms with Crippen molar-refractivity contribution in [2.24, 2.45) is 5.41 Å². The van der Waals surface area contributed by atoms with E-state index in [1.807, 2.05) is 36.1 Å². The zero-order valence-corrected chi connectivity index (χ0v) is 14.5. The van der Waals surface area contributed by atoms with Crippen LogP contribution in [0, 0.1) is 5.41 Å². The summed E-state index contributed by atoms with van der Waals surface area (Å²) < 4.78 is 0. The van der Waals surface area contributed by atoms with E-state index in [4.69, 9.17) is 0 Å². The van der Waals surface area contributed by atoms with Crippen LogP contribution >= 0.6 is 0 Å². The Hall–Kier alpha value is -2.21. The number of rotatable bonds is 4. The summed E-state index contributed by atoms with van der Waals surface area (Å²) in [6, 6.07) is 7.50. The van der Waals surface area contributed by atoms with Crippen LogP contribution in [0.15, 0.2) is 24.3 Å². The number of aromatic amines is 1. The number of nitrogens with one attached hydrogen (secondary N) is 1. The highest BCUT2D eigenvalue weighted by Crippen LogP contribution is 2.38. The van der Waals surface area contributed by atoms with Crippen LogP contribution in [0.5, 0.6) is 0 Å². The van der Waals surface area contributed by atoms with Gasteiger partial charge in [-0.2, -0.15) is 5.10 Å².